The lowest BCUT2D eigenvalue weighted by atomic mass is 9.77. The van der Waals surface area contributed by atoms with Crippen LogP contribution in [0.15, 0.2) is 23.2 Å². The fourth-order valence-electron chi connectivity index (χ4n) is 3.06. The summed E-state index contributed by atoms with van der Waals surface area (Å²) in [7, 11) is 0. The number of nitrogens with one attached hydrogen (secondary N) is 1. The molecule has 1 aliphatic carbocycles. The van der Waals surface area contributed by atoms with Crippen molar-refractivity contribution in [1.82, 2.24) is 5.32 Å². The van der Waals surface area contributed by atoms with Crippen LogP contribution in [0.3, 0.4) is 0 Å². The number of carbonyl (C=O) groups excluding carboxylic acids is 2. The molecule has 1 aliphatic heterocycles. The van der Waals surface area contributed by atoms with E-state index in [9.17, 15) is 9.59 Å². The van der Waals surface area contributed by atoms with Gasteiger partial charge in [-0.3, -0.25) is 4.79 Å². The predicted octanol–water partition coefficient (Wildman–Crippen LogP) is 2.89. The Kier molecular flexibility index (Phi) is 5.95. The normalized spacial score (nSPS) is 20.9. The molecule has 1 amide bonds. The first kappa shape index (κ1) is 18.0. The highest BCUT2D eigenvalue weighted by atomic mass is 16.6. The second kappa shape index (κ2) is 7.95. The zero-order valence-electron chi connectivity index (χ0n) is 14.4. The quantitative estimate of drug-likeness (QED) is 0.845. The third kappa shape index (κ3) is 3.75. The SMILES string of the molecule is CC.CCOC(=O)NC1=NC2(CCc3c(C=O)cccc3C2)CO1. The minimum atomic E-state index is -0.558. The Labute approximate surface area is 142 Å². The van der Waals surface area contributed by atoms with E-state index in [1.54, 1.807) is 6.92 Å². The third-order valence-electron chi connectivity index (χ3n) is 4.10. The first-order valence-corrected chi connectivity index (χ1v) is 8.38. The number of amidine groups is 1. The Balaban J connectivity index is 0.00000100. The third-order valence-corrected chi connectivity index (χ3v) is 4.10. The number of rotatable bonds is 2. The van der Waals surface area contributed by atoms with Gasteiger partial charge in [-0.05, 0) is 30.9 Å². The zero-order valence-corrected chi connectivity index (χ0v) is 14.4. The van der Waals surface area contributed by atoms with Gasteiger partial charge >= 0.3 is 6.09 Å². The number of hydrogen-bond donors (Lipinski definition) is 1. The number of hydrogen-bond acceptors (Lipinski definition) is 5. The molecule has 1 heterocycles. The van der Waals surface area contributed by atoms with E-state index in [2.05, 4.69) is 10.3 Å². The highest BCUT2D eigenvalue weighted by Gasteiger charge is 2.40. The van der Waals surface area contributed by atoms with E-state index in [-0.39, 0.29) is 11.6 Å². The number of alkyl carbamates (subject to hydrolysis) is 1. The second-order valence-electron chi connectivity index (χ2n) is 5.55. The number of carbonyl (C=O) groups is 2. The summed E-state index contributed by atoms with van der Waals surface area (Å²) in [5.74, 6) is 0. The summed E-state index contributed by atoms with van der Waals surface area (Å²) in [6, 6.07) is 5.97. The van der Waals surface area contributed by atoms with Crippen LogP contribution in [0.4, 0.5) is 4.79 Å². The van der Waals surface area contributed by atoms with Crippen LogP contribution >= 0.6 is 0 Å². The monoisotopic (exact) mass is 332 g/mol. The Hall–Kier alpha value is -2.37. The molecule has 6 heteroatoms. The smallest absolute Gasteiger partial charge is 0.415 e. The largest absolute Gasteiger partial charge is 0.462 e. The number of aliphatic imine (C=N–C) groups is 1. The van der Waals surface area contributed by atoms with Gasteiger partial charge in [0, 0.05) is 12.0 Å². The molecular weight excluding hydrogens is 308 g/mol. The van der Waals surface area contributed by atoms with Crippen LogP contribution in [-0.2, 0) is 22.3 Å². The fourth-order valence-corrected chi connectivity index (χ4v) is 3.06. The van der Waals surface area contributed by atoms with E-state index in [1.807, 2.05) is 32.0 Å². The van der Waals surface area contributed by atoms with Crippen molar-refractivity contribution >= 4 is 18.4 Å². The van der Waals surface area contributed by atoms with Gasteiger partial charge in [0.2, 0.25) is 0 Å². The molecule has 0 fully saturated rings. The van der Waals surface area contributed by atoms with Crippen molar-refractivity contribution in [1.29, 1.82) is 0 Å². The fraction of sp³-hybridized carbons (Fsp3) is 0.500. The summed E-state index contributed by atoms with van der Waals surface area (Å²) in [4.78, 5) is 27.1. The molecule has 1 spiro atoms. The predicted molar refractivity (Wildman–Crippen MR) is 91.5 cm³/mol. The Morgan fingerprint density at radius 2 is 2.25 bits per heavy atom. The van der Waals surface area contributed by atoms with Gasteiger partial charge in [0.15, 0.2) is 0 Å². The van der Waals surface area contributed by atoms with E-state index in [4.69, 9.17) is 9.47 Å². The number of nitrogens with zero attached hydrogens (tertiary/aromatic N) is 1. The average molecular weight is 332 g/mol. The van der Waals surface area contributed by atoms with E-state index >= 15 is 0 Å². The number of amides is 1. The molecule has 1 atom stereocenters. The molecule has 24 heavy (non-hydrogen) atoms. The van der Waals surface area contributed by atoms with Crippen LogP contribution in [0.25, 0.3) is 0 Å². The van der Waals surface area contributed by atoms with Crippen molar-refractivity contribution < 1.29 is 19.1 Å². The van der Waals surface area contributed by atoms with Crippen LogP contribution in [0.2, 0.25) is 0 Å². The molecule has 6 nitrogen and oxygen atoms in total. The lowest BCUT2D eigenvalue weighted by Gasteiger charge is -2.30. The Bertz CT molecular complexity index is 642. The molecule has 1 aromatic carbocycles. The first-order valence-electron chi connectivity index (χ1n) is 8.38. The van der Waals surface area contributed by atoms with Crippen molar-refractivity contribution in [3.8, 4) is 0 Å². The molecule has 0 bridgehead atoms. The molecular formula is C18H24N2O4. The van der Waals surface area contributed by atoms with Crippen LogP contribution in [0.1, 0.15) is 48.7 Å². The van der Waals surface area contributed by atoms with E-state index < -0.39 is 6.09 Å². The summed E-state index contributed by atoms with van der Waals surface area (Å²) in [6.45, 7) is 6.46. The van der Waals surface area contributed by atoms with Gasteiger partial charge in [-0.2, -0.15) is 0 Å². The summed E-state index contributed by atoms with van der Waals surface area (Å²) in [5, 5.41) is 2.51. The molecule has 3 rings (SSSR count). The maximum atomic E-state index is 11.4. The van der Waals surface area contributed by atoms with Crippen molar-refractivity contribution in [2.45, 2.75) is 45.6 Å². The van der Waals surface area contributed by atoms with Gasteiger partial charge in [0.05, 0.1) is 6.61 Å². The van der Waals surface area contributed by atoms with E-state index in [0.29, 0.717) is 19.6 Å². The van der Waals surface area contributed by atoms with Gasteiger partial charge in [0.25, 0.3) is 6.02 Å². The van der Waals surface area contributed by atoms with Crippen LogP contribution < -0.4 is 5.32 Å². The molecule has 1 aromatic rings. The van der Waals surface area contributed by atoms with Crippen LogP contribution in [-0.4, -0.2) is 37.2 Å². The second-order valence-corrected chi connectivity index (χ2v) is 5.55. The lowest BCUT2D eigenvalue weighted by Crippen LogP contribution is -2.36. The summed E-state index contributed by atoms with van der Waals surface area (Å²) >= 11 is 0. The molecule has 130 valence electrons. The number of aldehydes is 1. The van der Waals surface area contributed by atoms with Crippen molar-refractivity contribution in [2.24, 2.45) is 4.99 Å². The van der Waals surface area contributed by atoms with Crippen molar-refractivity contribution in [3.63, 3.8) is 0 Å². The maximum Gasteiger partial charge on any atom is 0.415 e. The zero-order chi connectivity index (χ0) is 17.6. The molecule has 0 aromatic heterocycles. The topological polar surface area (TPSA) is 77.0 Å². The van der Waals surface area contributed by atoms with E-state index in [0.717, 1.165) is 35.8 Å². The Morgan fingerprint density at radius 1 is 1.46 bits per heavy atom. The summed E-state index contributed by atoms with van der Waals surface area (Å²) < 4.78 is 10.3. The average Bonchev–Trinajstić information content (AvgIpc) is 2.97. The highest BCUT2D eigenvalue weighted by Crippen LogP contribution is 2.35. The molecule has 0 saturated carbocycles. The molecule has 1 N–H and O–H groups in total. The number of benzene rings is 1. The molecule has 0 radical (unpaired) electrons. The van der Waals surface area contributed by atoms with E-state index in [1.165, 1.54) is 0 Å². The first-order chi connectivity index (χ1) is 11.7. The van der Waals surface area contributed by atoms with Crippen molar-refractivity contribution in [3.05, 3.63) is 34.9 Å². The standard InChI is InChI=1S/C16H18N2O4.C2H6/c1-2-21-15(20)17-14-18-16(10-22-14)7-6-13-11(8-16)4-3-5-12(13)9-19;1-2/h3-5,9H,2,6-8,10H2,1H3,(H,17,18,20);1-2H3. The van der Waals surface area contributed by atoms with Crippen LogP contribution in [0, 0.1) is 0 Å². The minimum absolute atomic E-state index is 0.216. The van der Waals surface area contributed by atoms with Gasteiger partial charge in [0.1, 0.15) is 18.4 Å². The highest BCUT2D eigenvalue weighted by molar-refractivity contribution is 5.91. The number of ether oxygens (including phenoxy) is 2. The van der Waals surface area contributed by atoms with Gasteiger partial charge in [-0.1, -0.05) is 32.0 Å². The molecule has 0 saturated heterocycles. The number of fused-ring (bicyclic) bond motifs is 1. The maximum absolute atomic E-state index is 11.4. The summed E-state index contributed by atoms with van der Waals surface area (Å²) in [5.41, 5.74) is 2.62. The van der Waals surface area contributed by atoms with Gasteiger partial charge in [-0.15, -0.1) is 0 Å². The summed E-state index contributed by atoms with van der Waals surface area (Å²) in [6.07, 6.45) is 2.62. The van der Waals surface area contributed by atoms with Gasteiger partial charge in [-0.25, -0.2) is 15.1 Å². The minimum Gasteiger partial charge on any atom is -0.462 e. The lowest BCUT2D eigenvalue weighted by molar-refractivity contribution is 0.112. The molecule has 1 unspecified atom stereocenters. The van der Waals surface area contributed by atoms with Gasteiger partial charge < -0.3 is 9.47 Å². The van der Waals surface area contributed by atoms with Crippen molar-refractivity contribution in [2.75, 3.05) is 13.2 Å². The molecule has 2 aliphatic rings. The Morgan fingerprint density at radius 3 is 2.96 bits per heavy atom. The van der Waals surface area contributed by atoms with Crippen LogP contribution in [0.5, 0.6) is 0 Å².